The summed E-state index contributed by atoms with van der Waals surface area (Å²) >= 11 is 5.02. The zero-order valence-electron chi connectivity index (χ0n) is 8.85. The highest BCUT2D eigenvalue weighted by atomic mass is 79.9. The molecule has 0 amide bonds. The molecule has 0 aliphatic carbocycles. The predicted octanol–water partition coefficient (Wildman–Crippen LogP) is 3.49. The van der Waals surface area contributed by atoms with Crippen LogP contribution in [0.2, 0.25) is 0 Å². The number of hydrogen-bond donors (Lipinski definition) is 1. The number of benzene rings is 1. The first-order valence-electron chi connectivity index (χ1n) is 4.98. The van der Waals surface area contributed by atoms with Crippen molar-refractivity contribution in [3.63, 3.8) is 0 Å². The third-order valence-electron chi connectivity index (χ3n) is 2.44. The van der Waals surface area contributed by atoms with Gasteiger partial charge in [0.1, 0.15) is 0 Å². The van der Waals surface area contributed by atoms with Gasteiger partial charge in [-0.1, -0.05) is 28.1 Å². The van der Waals surface area contributed by atoms with Gasteiger partial charge in [-0.25, -0.2) is 0 Å². The molecule has 0 spiro atoms. The van der Waals surface area contributed by atoms with E-state index in [2.05, 4.69) is 20.9 Å². The quantitative estimate of drug-likeness (QED) is 0.941. The molecule has 1 aromatic heterocycles. The molecule has 2 rings (SSSR count). The second-order valence-corrected chi connectivity index (χ2v) is 5.52. The highest BCUT2D eigenvalue weighted by Crippen LogP contribution is 2.24. The smallest absolute Gasteiger partial charge is 0.0838 e. The van der Waals surface area contributed by atoms with Crippen LogP contribution in [0.5, 0.6) is 0 Å². The lowest BCUT2D eigenvalue weighted by Gasteiger charge is -2.11. The molecule has 1 N–H and O–H groups in total. The Labute approximate surface area is 107 Å². The first kappa shape index (κ1) is 11.8. The molecule has 1 atom stereocenters. The lowest BCUT2D eigenvalue weighted by molar-refractivity contribution is 0.179. The summed E-state index contributed by atoms with van der Waals surface area (Å²) in [4.78, 5) is 5.11. The lowest BCUT2D eigenvalue weighted by Crippen LogP contribution is -2.00. The van der Waals surface area contributed by atoms with Crippen molar-refractivity contribution in [3.8, 4) is 0 Å². The average Bonchev–Trinajstić information content (AvgIpc) is 2.74. The summed E-state index contributed by atoms with van der Waals surface area (Å²) in [5.41, 5.74) is 3.88. The van der Waals surface area contributed by atoms with Gasteiger partial charge in [0.25, 0.3) is 0 Å². The number of hydrogen-bond acceptors (Lipinski definition) is 3. The molecule has 0 saturated carbocycles. The van der Waals surface area contributed by atoms with Crippen molar-refractivity contribution in [1.82, 2.24) is 4.98 Å². The Hall–Kier alpha value is -0.710. The van der Waals surface area contributed by atoms with E-state index >= 15 is 0 Å². The van der Waals surface area contributed by atoms with Crippen molar-refractivity contribution < 1.29 is 5.11 Å². The molecule has 0 aliphatic heterocycles. The normalized spacial score (nSPS) is 12.7. The molecule has 1 aromatic carbocycles. The van der Waals surface area contributed by atoms with Crippen molar-refractivity contribution in [2.75, 3.05) is 0 Å². The van der Waals surface area contributed by atoms with Crippen LogP contribution in [0, 0.1) is 6.92 Å². The maximum absolute atomic E-state index is 10.1. The molecule has 4 heteroatoms. The maximum Gasteiger partial charge on any atom is 0.0838 e. The Balaban J connectivity index is 2.14. The van der Waals surface area contributed by atoms with E-state index in [4.69, 9.17) is 0 Å². The third-order valence-corrected chi connectivity index (χ3v) is 4.14. The van der Waals surface area contributed by atoms with Crippen LogP contribution in [0.25, 0.3) is 0 Å². The van der Waals surface area contributed by atoms with Gasteiger partial charge in [0.15, 0.2) is 0 Å². The molecule has 0 bridgehead atoms. The topological polar surface area (TPSA) is 33.1 Å². The number of rotatable bonds is 3. The molecule has 2 aromatic rings. The Morgan fingerprint density at radius 3 is 2.94 bits per heavy atom. The number of thiazole rings is 1. The van der Waals surface area contributed by atoms with E-state index in [1.807, 2.05) is 25.1 Å². The van der Waals surface area contributed by atoms with Gasteiger partial charge < -0.3 is 5.11 Å². The van der Waals surface area contributed by atoms with Gasteiger partial charge in [-0.15, -0.1) is 11.3 Å². The minimum Gasteiger partial charge on any atom is -0.388 e. The van der Waals surface area contributed by atoms with Gasteiger partial charge in [0, 0.05) is 22.0 Å². The van der Waals surface area contributed by atoms with Crippen LogP contribution in [0.15, 0.2) is 34.4 Å². The summed E-state index contributed by atoms with van der Waals surface area (Å²) in [6.45, 7) is 2.02. The highest BCUT2D eigenvalue weighted by Gasteiger charge is 2.10. The molecular formula is C12H12BrNOS. The SMILES string of the molecule is Cc1cc(C(O)Cc2cncs2)ccc1Br. The van der Waals surface area contributed by atoms with Gasteiger partial charge >= 0.3 is 0 Å². The fraction of sp³-hybridized carbons (Fsp3) is 0.250. The molecule has 0 radical (unpaired) electrons. The van der Waals surface area contributed by atoms with Gasteiger partial charge in [-0.2, -0.15) is 0 Å². The standard InChI is InChI=1S/C12H12BrNOS/c1-8-4-9(2-3-11(8)13)12(15)5-10-6-14-7-16-10/h2-4,6-7,12,15H,5H2,1H3. The van der Waals surface area contributed by atoms with Gasteiger partial charge in [-0.3, -0.25) is 4.98 Å². The summed E-state index contributed by atoms with van der Waals surface area (Å²) in [5, 5.41) is 10.1. The fourth-order valence-corrected chi connectivity index (χ4v) is 2.41. The van der Waals surface area contributed by atoms with Gasteiger partial charge in [0.05, 0.1) is 11.6 Å². The van der Waals surface area contributed by atoms with Crippen LogP contribution < -0.4 is 0 Å². The van der Waals surface area contributed by atoms with E-state index in [1.165, 1.54) is 0 Å². The highest BCUT2D eigenvalue weighted by molar-refractivity contribution is 9.10. The third kappa shape index (κ3) is 2.70. The van der Waals surface area contributed by atoms with Gasteiger partial charge in [-0.05, 0) is 24.1 Å². The summed E-state index contributed by atoms with van der Waals surface area (Å²) < 4.78 is 1.07. The largest absolute Gasteiger partial charge is 0.388 e. The van der Waals surface area contributed by atoms with Crippen molar-refractivity contribution in [1.29, 1.82) is 0 Å². The zero-order valence-corrected chi connectivity index (χ0v) is 11.3. The van der Waals surface area contributed by atoms with Gasteiger partial charge in [0.2, 0.25) is 0 Å². The predicted molar refractivity (Wildman–Crippen MR) is 69.7 cm³/mol. The van der Waals surface area contributed by atoms with Crippen molar-refractivity contribution >= 4 is 27.3 Å². The van der Waals surface area contributed by atoms with E-state index in [-0.39, 0.29) is 0 Å². The molecule has 0 saturated heterocycles. The monoisotopic (exact) mass is 297 g/mol. The minimum absolute atomic E-state index is 0.452. The van der Waals surface area contributed by atoms with Crippen molar-refractivity contribution in [3.05, 3.63) is 50.4 Å². The number of halogens is 1. The summed E-state index contributed by atoms with van der Waals surface area (Å²) in [5.74, 6) is 0. The van der Waals surface area contributed by atoms with Crippen LogP contribution in [0.3, 0.4) is 0 Å². The second-order valence-electron chi connectivity index (χ2n) is 3.70. The maximum atomic E-state index is 10.1. The Morgan fingerprint density at radius 2 is 2.31 bits per heavy atom. The first-order chi connectivity index (χ1) is 7.66. The summed E-state index contributed by atoms with van der Waals surface area (Å²) in [6.07, 6.45) is 1.98. The number of aromatic nitrogens is 1. The first-order valence-corrected chi connectivity index (χ1v) is 6.65. The number of nitrogens with zero attached hydrogens (tertiary/aromatic N) is 1. The molecule has 0 fully saturated rings. The number of aryl methyl sites for hydroxylation is 1. The minimum atomic E-state index is -0.452. The Kier molecular flexibility index (Phi) is 3.74. The fourth-order valence-electron chi connectivity index (χ4n) is 1.53. The van der Waals surface area contributed by atoms with E-state index < -0.39 is 6.10 Å². The molecule has 2 nitrogen and oxygen atoms in total. The lowest BCUT2D eigenvalue weighted by atomic mass is 10.0. The van der Waals surface area contributed by atoms with Crippen LogP contribution >= 0.6 is 27.3 Å². The van der Waals surface area contributed by atoms with Crippen LogP contribution in [0.1, 0.15) is 22.1 Å². The molecule has 1 unspecified atom stereocenters. The van der Waals surface area contributed by atoms with E-state index in [9.17, 15) is 5.11 Å². The van der Waals surface area contributed by atoms with Crippen LogP contribution in [-0.2, 0) is 6.42 Å². The van der Waals surface area contributed by atoms with Crippen LogP contribution in [0.4, 0.5) is 0 Å². The number of aliphatic hydroxyl groups excluding tert-OH is 1. The summed E-state index contributed by atoms with van der Waals surface area (Å²) in [6, 6.07) is 5.93. The molecule has 1 heterocycles. The molecule has 16 heavy (non-hydrogen) atoms. The Bertz CT molecular complexity index is 470. The van der Waals surface area contributed by atoms with E-state index in [0.717, 1.165) is 20.5 Å². The van der Waals surface area contributed by atoms with Crippen molar-refractivity contribution in [2.45, 2.75) is 19.4 Å². The van der Waals surface area contributed by atoms with Crippen LogP contribution in [-0.4, -0.2) is 10.1 Å². The van der Waals surface area contributed by atoms with Crippen molar-refractivity contribution in [2.24, 2.45) is 0 Å². The summed E-state index contributed by atoms with van der Waals surface area (Å²) in [7, 11) is 0. The molecular weight excluding hydrogens is 286 g/mol. The zero-order chi connectivity index (χ0) is 11.5. The second kappa shape index (κ2) is 5.08. The Morgan fingerprint density at radius 1 is 1.50 bits per heavy atom. The average molecular weight is 298 g/mol. The number of aliphatic hydroxyl groups is 1. The molecule has 0 aliphatic rings. The molecule has 84 valence electrons. The van der Waals surface area contributed by atoms with E-state index in [1.54, 1.807) is 23.0 Å². The van der Waals surface area contributed by atoms with E-state index in [0.29, 0.717) is 6.42 Å².